The zero-order valence-corrected chi connectivity index (χ0v) is 9.32. The Labute approximate surface area is 94.8 Å². The summed E-state index contributed by atoms with van der Waals surface area (Å²) in [6.45, 7) is 2.47. The predicted molar refractivity (Wildman–Crippen MR) is 58.0 cm³/mol. The highest BCUT2D eigenvalue weighted by Crippen LogP contribution is 2.21. The van der Waals surface area contributed by atoms with Gasteiger partial charge < -0.3 is 15.3 Å². The van der Waals surface area contributed by atoms with Crippen LogP contribution in [0, 0.1) is 5.92 Å². The summed E-state index contributed by atoms with van der Waals surface area (Å²) in [7, 11) is 0. The monoisotopic (exact) mass is 226 g/mol. The molecule has 2 fully saturated rings. The van der Waals surface area contributed by atoms with Gasteiger partial charge in [0, 0.05) is 13.0 Å². The lowest BCUT2D eigenvalue weighted by Gasteiger charge is -2.22. The van der Waals surface area contributed by atoms with Crippen molar-refractivity contribution in [1.29, 1.82) is 0 Å². The number of rotatable bonds is 3. The molecule has 2 atom stereocenters. The van der Waals surface area contributed by atoms with Crippen LogP contribution < -0.4 is 5.32 Å². The Balaban J connectivity index is 1.90. The molecule has 16 heavy (non-hydrogen) atoms. The van der Waals surface area contributed by atoms with Gasteiger partial charge in [-0.3, -0.25) is 4.79 Å². The first kappa shape index (κ1) is 11.4. The zero-order chi connectivity index (χ0) is 11.5. The normalized spacial score (nSPS) is 29.6. The van der Waals surface area contributed by atoms with Gasteiger partial charge in [-0.2, -0.15) is 0 Å². The average molecular weight is 226 g/mol. The number of carbonyl (C=O) groups excluding carboxylic acids is 1. The maximum Gasteiger partial charge on any atom is 0.326 e. The van der Waals surface area contributed by atoms with Crippen LogP contribution in [0.3, 0.4) is 0 Å². The van der Waals surface area contributed by atoms with Crippen molar-refractivity contribution in [3.63, 3.8) is 0 Å². The second-order valence-corrected chi connectivity index (χ2v) is 4.65. The number of carboxylic acids is 1. The van der Waals surface area contributed by atoms with Gasteiger partial charge in [-0.05, 0) is 38.3 Å². The average Bonchev–Trinajstić information content (AvgIpc) is 2.86. The predicted octanol–water partition coefficient (Wildman–Crippen LogP) is 0.0616. The Morgan fingerprint density at radius 2 is 2.19 bits per heavy atom. The van der Waals surface area contributed by atoms with E-state index in [4.69, 9.17) is 5.11 Å². The number of carboxylic acid groups (broad SMARTS) is 1. The van der Waals surface area contributed by atoms with E-state index in [0.29, 0.717) is 25.3 Å². The molecule has 2 saturated heterocycles. The van der Waals surface area contributed by atoms with Crippen molar-refractivity contribution >= 4 is 11.9 Å². The van der Waals surface area contributed by atoms with Gasteiger partial charge in [0.1, 0.15) is 6.04 Å². The quantitative estimate of drug-likeness (QED) is 0.714. The minimum atomic E-state index is -0.865. The molecule has 0 aliphatic carbocycles. The third-order valence-electron chi connectivity index (χ3n) is 3.48. The van der Waals surface area contributed by atoms with Crippen LogP contribution in [0.4, 0.5) is 0 Å². The second-order valence-electron chi connectivity index (χ2n) is 4.65. The molecule has 0 aromatic heterocycles. The molecule has 0 radical (unpaired) electrons. The van der Waals surface area contributed by atoms with Gasteiger partial charge >= 0.3 is 5.97 Å². The highest BCUT2D eigenvalue weighted by Gasteiger charge is 2.34. The van der Waals surface area contributed by atoms with Crippen LogP contribution in [0.15, 0.2) is 0 Å². The van der Waals surface area contributed by atoms with E-state index in [1.807, 2.05) is 0 Å². The van der Waals surface area contributed by atoms with E-state index in [0.717, 1.165) is 25.9 Å². The van der Waals surface area contributed by atoms with E-state index in [1.165, 1.54) is 0 Å². The van der Waals surface area contributed by atoms with Crippen LogP contribution >= 0.6 is 0 Å². The molecule has 90 valence electrons. The molecule has 2 aliphatic rings. The number of carbonyl (C=O) groups is 2. The molecule has 2 rings (SSSR count). The van der Waals surface area contributed by atoms with E-state index >= 15 is 0 Å². The maximum absolute atomic E-state index is 12.0. The molecular formula is C11H18N2O3. The largest absolute Gasteiger partial charge is 0.480 e. The van der Waals surface area contributed by atoms with Crippen LogP contribution in [0.5, 0.6) is 0 Å². The summed E-state index contributed by atoms with van der Waals surface area (Å²) in [5.41, 5.74) is 0. The first-order valence-corrected chi connectivity index (χ1v) is 5.91. The molecule has 0 aromatic carbocycles. The van der Waals surface area contributed by atoms with Gasteiger partial charge in [-0.15, -0.1) is 0 Å². The van der Waals surface area contributed by atoms with Gasteiger partial charge in [-0.25, -0.2) is 4.79 Å². The Morgan fingerprint density at radius 1 is 1.38 bits per heavy atom. The second kappa shape index (κ2) is 4.82. The molecule has 5 heteroatoms. The van der Waals surface area contributed by atoms with Gasteiger partial charge in [0.05, 0.1) is 0 Å². The summed E-state index contributed by atoms with van der Waals surface area (Å²) in [6.07, 6.45) is 2.93. The van der Waals surface area contributed by atoms with Crippen LogP contribution in [0.25, 0.3) is 0 Å². The summed E-state index contributed by atoms with van der Waals surface area (Å²) in [4.78, 5) is 24.4. The first-order valence-electron chi connectivity index (χ1n) is 5.91. The van der Waals surface area contributed by atoms with Crippen LogP contribution in [0.1, 0.15) is 25.7 Å². The lowest BCUT2D eigenvalue weighted by molar-refractivity contribution is -0.148. The summed E-state index contributed by atoms with van der Waals surface area (Å²) in [5.74, 6) is -0.462. The molecule has 2 unspecified atom stereocenters. The Kier molecular flexibility index (Phi) is 3.43. The maximum atomic E-state index is 12.0. The fourth-order valence-electron chi connectivity index (χ4n) is 2.57. The number of amides is 1. The van der Waals surface area contributed by atoms with Crippen LogP contribution in [-0.2, 0) is 9.59 Å². The van der Waals surface area contributed by atoms with Crippen molar-refractivity contribution in [3.05, 3.63) is 0 Å². The molecule has 0 saturated carbocycles. The first-order chi connectivity index (χ1) is 7.68. The van der Waals surface area contributed by atoms with Crippen molar-refractivity contribution in [2.45, 2.75) is 31.7 Å². The third-order valence-corrected chi connectivity index (χ3v) is 3.48. The van der Waals surface area contributed by atoms with Crippen molar-refractivity contribution < 1.29 is 14.7 Å². The number of nitrogens with one attached hydrogen (secondary N) is 1. The van der Waals surface area contributed by atoms with Crippen LogP contribution in [-0.4, -0.2) is 47.6 Å². The number of nitrogens with zero attached hydrogens (tertiary/aromatic N) is 1. The minimum absolute atomic E-state index is 0.0126. The van der Waals surface area contributed by atoms with Crippen molar-refractivity contribution in [2.75, 3.05) is 19.6 Å². The van der Waals surface area contributed by atoms with E-state index in [2.05, 4.69) is 5.32 Å². The highest BCUT2D eigenvalue weighted by atomic mass is 16.4. The number of likely N-dealkylation sites (tertiary alicyclic amines) is 1. The highest BCUT2D eigenvalue weighted by molar-refractivity contribution is 5.84. The van der Waals surface area contributed by atoms with Gasteiger partial charge in [0.15, 0.2) is 0 Å². The summed E-state index contributed by atoms with van der Waals surface area (Å²) in [5, 5.41) is 12.2. The molecule has 2 heterocycles. The molecule has 0 bridgehead atoms. The van der Waals surface area contributed by atoms with Crippen molar-refractivity contribution in [2.24, 2.45) is 5.92 Å². The topological polar surface area (TPSA) is 69.6 Å². The summed E-state index contributed by atoms with van der Waals surface area (Å²) >= 11 is 0. The molecule has 1 amide bonds. The number of hydrogen-bond acceptors (Lipinski definition) is 3. The lowest BCUT2D eigenvalue weighted by Crippen LogP contribution is -2.41. The lowest BCUT2D eigenvalue weighted by atomic mass is 10.0. The van der Waals surface area contributed by atoms with Crippen molar-refractivity contribution in [1.82, 2.24) is 10.2 Å². The molecule has 2 N–H and O–H groups in total. The molecular weight excluding hydrogens is 208 g/mol. The van der Waals surface area contributed by atoms with E-state index in [9.17, 15) is 9.59 Å². The minimum Gasteiger partial charge on any atom is -0.480 e. The van der Waals surface area contributed by atoms with E-state index in [1.54, 1.807) is 4.90 Å². The number of hydrogen-bond donors (Lipinski definition) is 2. The molecule has 0 spiro atoms. The third kappa shape index (κ3) is 2.35. The Bertz CT molecular complexity index is 287. The Morgan fingerprint density at radius 3 is 2.81 bits per heavy atom. The molecule has 2 aliphatic heterocycles. The zero-order valence-electron chi connectivity index (χ0n) is 9.32. The standard InChI is InChI=1S/C11H18N2O3/c14-10(6-8-3-4-12-7-8)13-5-1-2-9(13)11(15)16/h8-9,12H,1-7H2,(H,15,16). The van der Waals surface area contributed by atoms with E-state index < -0.39 is 12.0 Å². The SMILES string of the molecule is O=C(O)C1CCCN1C(=O)CC1CCNC1. The van der Waals surface area contributed by atoms with Gasteiger partial charge in [0.25, 0.3) is 0 Å². The van der Waals surface area contributed by atoms with E-state index in [-0.39, 0.29) is 5.91 Å². The fraction of sp³-hybridized carbons (Fsp3) is 0.818. The Hall–Kier alpha value is -1.10. The molecule has 0 aromatic rings. The molecule has 5 nitrogen and oxygen atoms in total. The number of aliphatic carboxylic acids is 1. The van der Waals surface area contributed by atoms with Gasteiger partial charge in [-0.1, -0.05) is 0 Å². The fourth-order valence-corrected chi connectivity index (χ4v) is 2.57. The van der Waals surface area contributed by atoms with Gasteiger partial charge in [0.2, 0.25) is 5.91 Å². The summed E-state index contributed by atoms with van der Waals surface area (Å²) < 4.78 is 0. The summed E-state index contributed by atoms with van der Waals surface area (Å²) in [6, 6.07) is -0.582. The van der Waals surface area contributed by atoms with Crippen molar-refractivity contribution in [3.8, 4) is 0 Å². The smallest absolute Gasteiger partial charge is 0.326 e. The van der Waals surface area contributed by atoms with Crippen LogP contribution in [0.2, 0.25) is 0 Å².